The third-order valence-electron chi connectivity index (χ3n) is 1.67. The van der Waals surface area contributed by atoms with E-state index in [0.717, 1.165) is 5.56 Å². The lowest BCUT2D eigenvalue weighted by Gasteiger charge is -2.04. The summed E-state index contributed by atoms with van der Waals surface area (Å²) in [5.74, 6) is 0.708. The second-order valence-corrected chi connectivity index (χ2v) is 4.61. The first-order valence-corrected chi connectivity index (χ1v) is 6.58. The predicted octanol–water partition coefficient (Wildman–Crippen LogP) is 3.18. The fraction of sp³-hybridized carbons (Fsp3) is 0.400. The lowest BCUT2D eigenvalue weighted by molar-refractivity contribution is -0.139. The molecule has 6 heteroatoms. The first-order valence-electron chi connectivity index (χ1n) is 4.67. The average molecular weight is 280 g/mol. The first-order chi connectivity index (χ1) is 7.63. The van der Waals surface area contributed by atoms with Crippen molar-refractivity contribution in [2.75, 3.05) is 12.4 Å². The lowest BCUT2D eigenvalue weighted by Crippen LogP contribution is -2.06. The van der Waals surface area contributed by atoms with Crippen molar-refractivity contribution in [3.63, 3.8) is 0 Å². The Kier molecular flexibility index (Phi) is 5.95. The van der Waals surface area contributed by atoms with Crippen LogP contribution in [0, 0.1) is 0 Å². The molecule has 0 amide bonds. The van der Waals surface area contributed by atoms with E-state index in [0.29, 0.717) is 28.4 Å². The van der Waals surface area contributed by atoms with Gasteiger partial charge in [0.05, 0.1) is 12.4 Å². The molecule has 0 unspecified atom stereocenters. The Morgan fingerprint density at radius 2 is 2.25 bits per heavy atom. The summed E-state index contributed by atoms with van der Waals surface area (Å²) in [5.41, 5.74) is 0.861. The molecular weight excluding hydrogens is 269 g/mol. The largest absolute Gasteiger partial charge is 0.465 e. The van der Waals surface area contributed by atoms with Crippen LogP contribution in [0.2, 0.25) is 10.3 Å². The van der Waals surface area contributed by atoms with E-state index < -0.39 is 0 Å². The molecule has 0 aliphatic carbocycles. The zero-order valence-corrected chi connectivity index (χ0v) is 11.0. The van der Waals surface area contributed by atoms with Gasteiger partial charge in [0.1, 0.15) is 10.3 Å². The number of pyridine rings is 1. The summed E-state index contributed by atoms with van der Waals surface area (Å²) in [6.07, 6.45) is 0. The molecule has 16 heavy (non-hydrogen) atoms. The summed E-state index contributed by atoms with van der Waals surface area (Å²) in [4.78, 5) is 15.0. The van der Waals surface area contributed by atoms with Crippen LogP contribution < -0.4 is 0 Å². The van der Waals surface area contributed by atoms with Gasteiger partial charge in [-0.15, -0.1) is 11.8 Å². The van der Waals surface area contributed by atoms with Crippen molar-refractivity contribution in [3.05, 3.63) is 28.0 Å². The monoisotopic (exact) mass is 279 g/mol. The molecule has 0 saturated carbocycles. The average Bonchev–Trinajstić information content (AvgIpc) is 2.22. The van der Waals surface area contributed by atoms with Gasteiger partial charge in [-0.3, -0.25) is 4.79 Å². The van der Waals surface area contributed by atoms with Crippen molar-refractivity contribution < 1.29 is 9.53 Å². The van der Waals surface area contributed by atoms with Crippen LogP contribution in [0.4, 0.5) is 0 Å². The van der Waals surface area contributed by atoms with Gasteiger partial charge in [0.15, 0.2) is 0 Å². The smallest absolute Gasteiger partial charge is 0.315 e. The zero-order chi connectivity index (χ0) is 12.0. The Balaban J connectivity index is 2.40. The van der Waals surface area contributed by atoms with Crippen LogP contribution >= 0.6 is 35.0 Å². The third kappa shape index (κ3) is 4.60. The van der Waals surface area contributed by atoms with Crippen LogP contribution in [0.15, 0.2) is 12.1 Å². The van der Waals surface area contributed by atoms with Gasteiger partial charge in [-0.2, -0.15) is 0 Å². The second-order valence-electron chi connectivity index (χ2n) is 2.88. The van der Waals surface area contributed by atoms with E-state index in [4.69, 9.17) is 27.9 Å². The molecule has 88 valence electrons. The Bertz CT molecular complexity index is 374. The Hall–Kier alpha value is -0.450. The quantitative estimate of drug-likeness (QED) is 0.613. The van der Waals surface area contributed by atoms with Gasteiger partial charge in [-0.1, -0.05) is 29.3 Å². The van der Waals surface area contributed by atoms with Crippen LogP contribution in [0.3, 0.4) is 0 Å². The van der Waals surface area contributed by atoms with Crippen LogP contribution in [-0.4, -0.2) is 23.3 Å². The molecular formula is C10H11Cl2NO2S. The van der Waals surface area contributed by atoms with E-state index in [1.165, 1.54) is 11.8 Å². The minimum Gasteiger partial charge on any atom is -0.465 e. The molecule has 0 N–H and O–H groups in total. The van der Waals surface area contributed by atoms with Crippen molar-refractivity contribution in [2.24, 2.45) is 0 Å². The number of hydrogen-bond donors (Lipinski definition) is 0. The number of carbonyl (C=O) groups excluding carboxylic acids is 1. The molecule has 0 spiro atoms. The van der Waals surface area contributed by atoms with Crippen LogP contribution in [-0.2, 0) is 15.3 Å². The van der Waals surface area contributed by atoms with Crippen molar-refractivity contribution in [3.8, 4) is 0 Å². The van der Waals surface area contributed by atoms with Crippen molar-refractivity contribution in [1.82, 2.24) is 4.98 Å². The number of hydrogen-bond acceptors (Lipinski definition) is 4. The molecule has 0 bridgehead atoms. The van der Waals surface area contributed by atoms with E-state index in [1.54, 1.807) is 19.1 Å². The summed E-state index contributed by atoms with van der Waals surface area (Å²) >= 11 is 13.0. The summed E-state index contributed by atoms with van der Waals surface area (Å²) in [6.45, 7) is 2.19. The van der Waals surface area contributed by atoms with Crippen LogP contribution in [0.25, 0.3) is 0 Å². The molecule has 0 aliphatic rings. The number of thioether (sulfide) groups is 1. The number of rotatable bonds is 5. The first kappa shape index (κ1) is 13.6. The van der Waals surface area contributed by atoms with Gasteiger partial charge in [-0.25, -0.2) is 4.98 Å². The maximum Gasteiger partial charge on any atom is 0.315 e. The number of halogens is 2. The lowest BCUT2D eigenvalue weighted by atomic mass is 10.3. The van der Waals surface area contributed by atoms with Crippen molar-refractivity contribution >= 4 is 40.9 Å². The molecule has 1 aromatic rings. The highest BCUT2D eigenvalue weighted by Gasteiger charge is 2.05. The maximum atomic E-state index is 11.1. The highest BCUT2D eigenvalue weighted by atomic mass is 35.5. The van der Waals surface area contributed by atoms with Gasteiger partial charge in [-0.05, 0) is 18.6 Å². The fourth-order valence-electron chi connectivity index (χ4n) is 0.996. The molecule has 0 radical (unpaired) electrons. The SMILES string of the molecule is CCOC(=O)CSCc1ccc(Cl)nc1Cl. The van der Waals surface area contributed by atoms with Gasteiger partial charge in [0, 0.05) is 5.75 Å². The normalized spacial score (nSPS) is 10.2. The molecule has 1 heterocycles. The van der Waals surface area contributed by atoms with Crippen molar-refractivity contribution in [1.29, 1.82) is 0 Å². The fourth-order valence-corrected chi connectivity index (χ4v) is 2.29. The summed E-state index contributed by atoms with van der Waals surface area (Å²) < 4.78 is 4.80. The summed E-state index contributed by atoms with van der Waals surface area (Å²) in [5, 5.41) is 0.744. The van der Waals surface area contributed by atoms with Gasteiger partial charge in [0.25, 0.3) is 0 Å². The number of nitrogens with zero attached hydrogens (tertiary/aromatic N) is 1. The molecule has 0 fully saturated rings. The second kappa shape index (κ2) is 6.99. The highest BCUT2D eigenvalue weighted by Crippen LogP contribution is 2.21. The van der Waals surface area contributed by atoms with E-state index >= 15 is 0 Å². The number of ether oxygens (including phenoxy) is 1. The molecule has 0 saturated heterocycles. The Morgan fingerprint density at radius 1 is 1.50 bits per heavy atom. The van der Waals surface area contributed by atoms with Gasteiger partial charge < -0.3 is 4.74 Å². The third-order valence-corrected chi connectivity index (χ3v) is 3.17. The van der Waals surface area contributed by atoms with Gasteiger partial charge >= 0.3 is 5.97 Å². The Labute approximate surface area is 108 Å². The number of esters is 1. The molecule has 3 nitrogen and oxygen atoms in total. The number of carbonyl (C=O) groups is 1. The predicted molar refractivity (Wildman–Crippen MR) is 67.1 cm³/mol. The van der Waals surface area contributed by atoms with Crippen molar-refractivity contribution in [2.45, 2.75) is 12.7 Å². The topological polar surface area (TPSA) is 39.2 Å². The molecule has 1 rings (SSSR count). The van der Waals surface area contributed by atoms with Crippen LogP contribution in [0.1, 0.15) is 12.5 Å². The van der Waals surface area contributed by atoms with E-state index in [2.05, 4.69) is 4.98 Å². The maximum absolute atomic E-state index is 11.1. The zero-order valence-electron chi connectivity index (χ0n) is 8.70. The molecule has 0 atom stereocenters. The highest BCUT2D eigenvalue weighted by molar-refractivity contribution is 7.99. The number of aromatic nitrogens is 1. The standard InChI is InChI=1S/C10H11Cl2NO2S/c1-2-15-9(14)6-16-5-7-3-4-8(11)13-10(7)12/h3-4H,2,5-6H2,1H3. The summed E-state index contributed by atoms with van der Waals surface area (Å²) in [7, 11) is 0. The van der Waals surface area contributed by atoms with Crippen LogP contribution in [0.5, 0.6) is 0 Å². The minimum absolute atomic E-state index is 0.217. The molecule has 0 aliphatic heterocycles. The van der Waals surface area contributed by atoms with Gasteiger partial charge in [0.2, 0.25) is 0 Å². The Morgan fingerprint density at radius 3 is 2.88 bits per heavy atom. The minimum atomic E-state index is -0.217. The molecule has 1 aromatic heterocycles. The summed E-state index contributed by atoms with van der Waals surface area (Å²) in [6, 6.07) is 3.48. The van der Waals surface area contributed by atoms with E-state index in [1.807, 2.05) is 0 Å². The molecule has 0 aromatic carbocycles. The van der Waals surface area contributed by atoms with E-state index in [9.17, 15) is 4.79 Å². The van der Waals surface area contributed by atoms with E-state index in [-0.39, 0.29) is 5.97 Å².